The number of aliphatic hydroxyl groups excluding tert-OH is 1. The van der Waals surface area contributed by atoms with Crippen LogP contribution in [0.4, 0.5) is 0 Å². The van der Waals surface area contributed by atoms with Crippen molar-refractivity contribution in [3.8, 4) is 0 Å². The summed E-state index contributed by atoms with van der Waals surface area (Å²) in [6.07, 6.45) is 72.8. The SMILES string of the molecule is CCCCCCC/C=C\C/C=C\CCCCCCCCCCCCCCCCCCCCCCCCCCCCCC(=O)NC(COP(=O)(O)OCC[N+](C)(C)C)C(O)CCCCCCCCCCCCCCC. The Balaban J connectivity index is 3.82. The summed E-state index contributed by atoms with van der Waals surface area (Å²) in [5, 5.41) is 14.1. The van der Waals surface area contributed by atoms with Gasteiger partial charge in [0.25, 0.3) is 0 Å². The Kier molecular flexibility index (Phi) is 55.9. The third-order valence-corrected chi connectivity index (χ3v) is 16.2. The van der Waals surface area contributed by atoms with Crippen LogP contribution in [0.25, 0.3) is 0 Å². The summed E-state index contributed by atoms with van der Waals surface area (Å²) in [5.74, 6) is -0.138. The van der Waals surface area contributed by atoms with Gasteiger partial charge in [-0.15, -0.1) is 0 Å². The fourth-order valence-corrected chi connectivity index (χ4v) is 10.8. The Morgan fingerprint density at radius 2 is 0.770 bits per heavy atom. The summed E-state index contributed by atoms with van der Waals surface area (Å²) in [6.45, 7) is 4.91. The standard InChI is InChI=1S/C65H129N2O6P/c1-6-8-10-12-14-16-18-20-21-22-23-24-25-26-27-28-29-30-31-32-33-34-35-36-37-38-39-40-41-42-43-44-45-47-49-51-53-55-57-59-65(69)66-63(62-73-74(70,71)72-61-60-67(3,4)5)64(68)58-56-54-52-50-48-46-19-17-15-13-11-9-7-2/h18,20,22-23,63-64,68H,6-17,19,21,24-62H2,1-5H3,(H-,66,69,70,71)/p+1/b20-18-,23-22-. The fraction of sp³-hybridized carbons (Fsp3) is 0.923. The van der Waals surface area contributed by atoms with Crippen molar-refractivity contribution in [3.05, 3.63) is 24.3 Å². The molecule has 0 radical (unpaired) electrons. The van der Waals surface area contributed by atoms with Crippen molar-refractivity contribution in [2.75, 3.05) is 40.9 Å². The number of aliphatic hydroxyl groups is 1. The van der Waals surface area contributed by atoms with E-state index < -0.39 is 20.0 Å². The number of nitrogens with one attached hydrogen (secondary N) is 1. The van der Waals surface area contributed by atoms with Crippen molar-refractivity contribution in [2.45, 2.75) is 347 Å². The van der Waals surface area contributed by atoms with E-state index in [-0.39, 0.29) is 19.1 Å². The predicted octanol–water partition coefficient (Wildman–Crippen LogP) is 20.3. The number of allylic oxidation sites excluding steroid dienone is 4. The van der Waals surface area contributed by atoms with Crippen molar-refractivity contribution in [3.63, 3.8) is 0 Å². The van der Waals surface area contributed by atoms with Crippen LogP contribution in [0.2, 0.25) is 0 Å². The molecule has 3 atom stereocenters. The number of hydrogen-bond donors (Lipinski definition) is 3. The number of likely N-dealkylation sites (N-methyl/N-ethyl adjacent to an activating group) is 1. The highest BCUT2D eigenvalue weighted by Crippen LogP contribution is 2.43. The number of unbranched alkanes of at least 4 members (excludes halogenated alkanes) is 44. The van der Waals surface area contributed by atoms with Crippen molar-refractivity contribution in [1.29, 1.82) is 0 Å². The fourth-order valence-electron chi connectivity index (χ4n) is 10.1. The summed E-state index contributed by atoms with van der Waals surface area (Å²) in [4.78, 5) is 23.3. The maximum absolute atomic E-state index is 13.0. The van der Waals surface area contributed by atoms with Crippen molar-refractivity contribution in [1.82, 2.24) is 5.32 Å². The van der Waals surface area contributed by atoms with Gasteiger partial charge in [-0.2, -0.15) is 0 Å². The molecular weight excluding hydrogens is 936 g/mol. The number of phosphoric ester groups is 1. The minimum absolute atomic E-state index is 0.0777. The second kappa shape index (κ2) is 56.7. The molecule has 0 aliphatic rings. The Labute approximate surface area is 462 Å². The summed E-state index contributed by atoms with van der Waals surface area (Å²) in [7, 11) is 1.63. The lowest BCUT2D eigenvalue weighted by atomic mass is 10.0. The minimum Gasteiger partial charge on any atom is -0.391 e. The number of nitrogens with zero attached hydrogens (tertiary/aromatic N) is 1. The average Bonchev–Trinajstić information content (AvgIpc) is 3.36. The number of quaternary nitrogens is 1. The molecular formula is C65H130N2O6P+. The number of amides is 1. The maximum Gasteiger partial charge on any atom is 0.472 e. The molecule has 0 aromatic heterocycles. The topological polar surface area (TPSA) is 105 Å². The zero-order valence-corrected chi connectivity index (χ0v) is 51.3. The van der Waals surface area contributed by atoms with Crippen LogP contribution in [0.5, 0.6) is 0 Å². The first kappa shape index (κ1) is 73.0. The van der Waals surface area contributed by atoms with E-state index >= 15 is 0 Å². The van der Waals surface area contributed by atoms with E-state index in [0.717, 1.165) is 44.9 Å². The van der Waals surface area contributed by atoms with E-state index in [0.29, 0.717) is 23.9 Å². The first-order valence-electron chi connectivity index (χ1n) is 32.7. The first-order valence-corrected chi connectivity index (χ1v) is 34.2. The van der Waals surface area contributed by atoms with Gasteiger partial charge in [0.2, 0.25) is 5.91 Å². The first-order chi connectivity index (χ1) is 36.0. The van der Waals surface area contributed by atoms with Gasteiger partial charge in [0.15, 0.2) is 0 Å². The van der Waals surface area contributed by atoms with Gasteiger partial charge in [-0.25, -0.2) is 4.57 Å². The molecule has 0 rings (SSSR count). The molecule has 0 aromatic carbocycles. The van der Waals surface area contributed by atoms with Gasteiger partial charge in [0.1, 0.15) is 13.2 Å². The second-order valence-electron chi connectivity index (χ2n) is 23.9. The number of carbonyl (C=O) groups excluding carboxylic acids is 1. The average molecular weight is 1070 g/mol. The van der Waals surface area contributed by atoms with Gasteiger partial charge in [0, 0.05) is 6.42 Å². The van der Waals surface area contributed by atoms with Crippen molar-refractivity contribution in [2.24, 2.45) is 0 Å². The lowest BCUT2D eigenvalue weighted by Crippen LogP contribution is -2.46. The summed E-state index contributed by atoms with van der Waals surface area (Å²) in [5.41, 5.74) is 0. The van der Waals surface area contributed by atoms with E-state index in [1.807, 2.05) is 21.1 Å². The lowest BCUT2D eigenvalue weighted by molar-refractivity contribution is -0.870. The van der Waals surface area contributed by atoms with E-state index in [4.69, 9.17) is 9.05 Å². The van der Waals surface area contributed by atoms with Crippen LogP contribution >= 0.6 is 7.82 Å². The van der Waals surface area contributed by atoms with E-state index in [1.54, 1.807) is 0 Å². The highest BCUT2D eigenvalue weighted by molar-refractivity contribution is 7.47. The van der Waals surface area contributed by atoms with Crippen molar-refractivity contribution >= 4 is 13.7 Å². The number of carbonyl (C=O) groups is 1. The van der Waals surface area contributed by atoms with E-state index in [1.165, 1.54) is 263 Å². The Morgan fingerprint density at radius 3 is 1.11 bits per heavy atom. The molecule has 74 heavy (non-hydrogen) atoms. The van der Waals surface area contributed by atoms with Crippen LogP contribution in [0.15, 0.2) is 24.3 Å². The summed E-state index contributed by atoms with van der Waals surface area (Å²) >= 11 is 0. The van der Waals surface area contributed by atoms with E-state index in [2.05, 4.69) is 43.5 Å². The van der Waals surface area contributed by atoms with Gasteiger partial charge in [-0.3, -0.25) is 13.8 Å². The van der Waals surface area contributed by atoms with Crippen LogP contribution in [-0.2, 0) is 18.4 Å². The van der Waals surface area contributed by atoms with Gasteiger partial charge in [0.05, 0.1) is 39.9 Å². The van der Waals surface area contributed by atoms with Crippen LogP contribution in [-0.4, -0.2) is 73.4 Å². The van der Waals surface area contributed by atoms with Crippen molar-refractivity contribution < 1.29 is 32.9 Å². The zero-order chi connectivity index (χ0) is 54.2. The van der Waals surface area contributed by atoms with E-state index in [9.17, 15) is 19.4 Å². The van der Waals surface area contributed by atoms with Gasteiger partial charge in [-0.1, -0.05) is 308 Å². The molecule has 0 spiro atoms. The third-order valence-electron chi connectivity index (χ3n) is 15.2. The minimum atomic E-state index is -4.32. The molecule has 440 valence electrons. The third kappa shape index (κ3) is 58.7. The Hall–Kier alpha value is -1.02. The monoisotopic (exact) mass is 1070 g/mol. The molecule has 0 fully saturated rings. The second-order valence-corrected chi connectivity index (χ2v) is 25.3. The van der Waals surface area contributed by atoms with Crippen LogP contribution in [0, 0.1) is 0 Å². The normalized spacial score (nSPS) is 13.9. The molecule has 3 N–H and O–H groups in total. The summed E-state index contributed by atoms with van der Waals surface area (Å²) in [6, 6.07) is -0.756. The van der Waals surface area contributed by atoms with Crippen LogP contribution in [0.3, 0.4) is 0 Å². The smallest absolute Gasteiger partial charge is 0.391 e. The molecule has 3 unspecified atom stereocenters. The molecule has 0 saturated carbocycles. The molecule has 0 aliphatic heterocycles. The number of phosphoric acid groups is 1. The largest absolute Gasteiger partial charge is 0.472 e. The highest BCUT2D eigenvalue weighted by atomic mass is 31.2. The van der Waals surface area contributed by atoms with Gasteiger partial charge < -0.3 is 19.8 Å². The number of rotatable bonds is 61. The molecule has 8 nitrogen and oxygen atoms in total. The quantitative estimate of drug-likeness (QED) is 0.0243. The van der Waals surface area contributed by atoms with Gasteiger partial charge in [-0.05, 0) is 44.9 Å². The Bertz CT molecular complexity index is 1260. The lowest BCUT2D eigenvalue weighted by Gasteiger charge is -2.26. The molecule has 0 heterocycles. The highest BCUT2D eigenvalue weighted by Gasteiger charge is 2.28. The maximum atomic E-state index is 13.0. The van der Waals surface area contributed by atoms with Crippen LogP contribution < -0.4 is 5.32 Å². The van der Waals surface area contributed by atoms with Crippen LogP contribution in [0.1, 0.15) is 335 Å². The molecule has 0 saturated heterocycles. The number of hydrogen-bond acceptors (Lipinski definition) is 5. The molecule has 0 aliphatic carbocycles. The van der Waals surface area contributed by atoms with Gasteiger partial charge >= 0.3 is 7.82 Å². The molecule has 0 aromatic rings. The Morgan fingerprint density at radius 1 is 0.459 bits per heavy atom. The molecule has 0 bridgehead atoms. The summed E-state index contributed by atoms with van der Waals surface area (Å²) < 4.78 is 23.8. The molecule has 1 amide bonds. The molecule has 9 heteroatoms. The predicted molar refractivity (Wildman–Crippen MR) is 323 cm³/mol. The zero-order valence-electron chi connectivity index (χ0n) is 50.4.